The Morgan fingerprint density at radius 2 is 1.74 bits per heavy atom. The third-order valence-electron chi connectivity index (χ3n) is 8.12. The minimum absolute atomic E-state index is 0.0334. The first kappa shape index (κ1) is 21.9. The molecule has 2 aliphatic heterocycles. The highest BCUT2D eigenvalue weighted by Gasteiger charge is 2.45. The number of hydrogen-bond donors (Lipinski definition) is 0. The molecule has 6 rings (SSSR count). The molecule has 1 aromatic heterocycles. The van der Waals surface area contributed by atoms with E-state index in [9.17, 15) is 14.4 Å². The van der Waals surface area contributed by atoms with Crippen molar-refractivity contribution in [2.75, 3.05) is 33.3 Å². The molecule has 2 saturated heterocycles. The van der Waals surface area contributed by atoms with Crippen molar-refractivity contribution in [2.24, 2.45) is 5.41 Å². The SMILES string of the molecule is COc1cccc2cc(C(=O)N3CCC4(CC3)CCN(C(=O)C3CC(=O)c5ccccc53)C4)oc12. The average molecular weight is 473 g/mol. The quantitative estimate of drug-likeness (QED) is 0.569. The Labute approximate surface area is 203 Å². The van der Waals surface area contributed by atoms with Gasteiger partial charge in [0.05, 0.1) is 13.0 Å². The molecule has 2 amide bonds. The van der Waals surface area contributed by atoms with E-state index in [2.05, 4.69) is 0 Å². The number of fused-ring (bicyclic) bond motifs is 2. The van der Waals surface area contributed by atoms with Crippen LogP contribution in [0.2, 0.25) is 0 Å². The van der Waals surface area contributed by atoms with E-state index >= 15 is 0 Å². The molecule has 35 heavy (non-hydrogen) atoms. The first-order valence-corrected chi connectivity index (χ1v) is 12.2. The third-order valence-corrected chi connectivity index (χ3v) is 8.12. The van der Waals surface area contributed by atoms with E-state index in [0.29, 0.717) is 48.8 Å². The van der Waals surface area contributed by atoms with Gasteiger partial charge >= 0.3 is 0 Å². The maximum absolute atomic E-state index is 13.4. The van der Waals surface area contributed by atoms with Gasteiger partial charge in [0.1, 0.15) is 0 Å². The lowest BCUT2D eigenvalue weighted by atomic mass is 9.77. The molecule has 7 heteroatoms. The van der Waals surface area contributed by atoms with Crippen LogP contribution in [0.5, 0.6) is 5.75 Å². The first-order valence-electron chi connectivity index (χ1n) is 12.2. The molecule has 180 valence electrons. The third kappa shape index (κ3) is 3.61. The summed E-state index contributed by atoms with van der Waals surface area (Å²) in [5.41, 5.74) is 2.18. The van der Waals surface area contributed by atoms with Crippen molar-refractivity contribution < 1.29 is 23.5 Å². The Hall–Kier alpha value is -3.61. The number of piperidine rings is 1. The van der Waals surface area contributed by atoms with Crippen molar-refractivity contribution in [1.82, 2.24) is 9.80 Å². The Morgan fingerprint density at radius 1 is 1.00 bits per heavy atom. The number of ether oxygens (including phenoxy) is 1. The highest BCUT2D eigenvalue weighted by atomic mass is 16.5. The van der Waals surface area contributed by atoms with Crippen molar-refractivity contribution in [1.29, 1.82) is 0 Å². The summed E-state index contributed by atoms with van der Waals surface area (Å²) in [6.07, 6.45) is 2.91. The molecule has 2 fully saturated rings. The van der Waals surface area contributed by atoms with Crippen LogP contribution in [-0.4, -0.2) is 60.7 Å². The van der Waals surface area contributed by atoms with Crippen molar-refractivity contribution in [3.05, 3.63) is 65.4 Å². The van der Waals surface area contributed by atoms with Crippen molar-refractivity contribution >= 4 is 28.6 Å². The van der Waals surface area contributed by atoms with Gasteiger partial charge in [-0.3, -0.25) is 14.4 Å². The zero-order chi connectivity index (χ0) is 24.2. The number of benzene rings is 2. The number of amides is 2. The molecule has 0 saturated carbocycles. The van der Waals surface area contributed by atoms with Gasteiger partial charge in [-0.1, -0.05) is 36.4 Å². The normalized spacial score (nSPS) is 21.1. The summed E-state index contributed by atoms with van der Waals surface area (Å²) in [7, 11) is 1.59. The van der Waals surface area contributed by atoms with Gasteiger partial charge in [-0.05, 0) is 42.4 Å². The number of carbonyl (C=O) groups excluding carboxylic acids is 3. The Balaban J connectivity index is 1.11. The van der Waals surface area contributed by atoms with Crippen LogP contribution in [0.15, 0.2) is 52.9 Å². The van der Waals surface area contributed by atoms with E-state index in [1.807, 2.05) is 52.3 Å². The second kappa shape index (κ2) is 8.26. The zero-order valence-corrected chi connectivity index (χ0v) is 19.8. The Morgan fingerprint density at radius 3 is 2.51 bits per heavy atom. The molecule has 3 heterocycles. The second-order valence-corrected chi connectivity index (χ2v) is 10.1. The van der Waals surface area contributed by atoms with Gasteiger partial charge in [0.2, 0.25) is 5.91 Å². The fraction of sp³-hybridized carbons (Fsp3) is 0.393. The molecule has 2 aromatic carbocycles. The summed E-state index contributed by atoms with van der Waals surface area (Å²) in [6, 6.07) is 14.9. The van der Waals surface area contributed by atoms with Crippen molar-refractivity contribution in [3.8, 4) is 5.75 Å². The maximum Gasteiger partial charge on any atom is 0.289 e. The topological polar surface area (TPSA) is 80.1 Å². The van der Waals surface area contributed by atoms with Crippen LogP contribution in [-0.2, 0) is 4.79 Å². The number of nitrogens with zero attached hydrogens (tertiary/aromatic N) is 2. The zero-order valence-electron chi connectivity index (χ0n) is 19.8. The average Bonchev–Trinajstić information content (AvgIpc) is 3.60. The lowest BCUT2D eigenvalue weighted by Gasteiger charge is -2.39. The standard InChI is InChI=1S/C28H28N2O5/c1-34-23-8-4-5-18-15-24(35-25(18)23)27(33)29-12-9-28(10-13-29)11-14-30(17-28)26(32)21-16-22(31)20-7-3-2-6-19(20)21/h2-8,15,21H,9-14,16-17H2,1H3. The summed E-state index contributed by atoms with van der Waals surface area (Å²) >= 11 is 0. The Bertz CT molecular complexity index is 1330. The van der Waals surface area contributed by atoms with E-state index in [-0.39, 0.29) is 35.4 Å². The molecular formula is C28H28N2O5. The number of likely N-dealkylation sites (tertiary alicyclic amines) is 2. The molecule has 0 radical (unpaired) electrons. The predicted molar refractivity (Wildman–Crippen MR) is 130 cm³/mol. The van der Waals surface area contributed by atoms with Crippen molar-refractivity contribution in [3.63, 3.8) is 0 Å². The molecule has 7 nitrogen and oxygen atoms in total. The summed E-state index contributed by atoms with van der Waals surface area (Å²) in [6.45, 7) is 2.69. The van der Waals surface area contributed by atoms with Gasteiger partial charge in [0.25, 0.3) is 5.91 Å². The van der Waals surface area contributed by atoms with Gasteiger partial charge < -0.3 is 19.0 Å². The summed E-state index contributed by atoms with van der Waals surface area (Å²) in [4.78, 5) is 42.7. The molecule has 3 aliphatic rings. The van der Waals surface area contributed by atoms with Crippen LogP contribution in [0.1, 0.15) is 58.1 Å². The smallest absolute Gasteiger partial charge is 0.289 e. The minimum Gasteiger partial charge on any atom is -0.493 e. The van der Waals surface area contributed by atoms with Gasteiger partial charge in [-0.2, -0.15) is 0 Å². The van der Waals surface area contributed by atoms with E-state index in [1.54, 1.807) is 13.2 Å². The van der Waals surface area contributed by atoms with Crippen LogP contribution in [0.25, 0.3) is 11.0 Å². The van der Waals surface area contributed by atoms with Gasteiger partial charge in [-0.25, -0.2) is 0 Å². The minimum atomic E-state index is -0.361. The van der Waals surface area contributed by atoms with Crippen LogP contribution in [0, 0.1) is 5.41 Å². The van der Waals surface area contributed by atoms with Gasteiger partial charge in [0.15, 0.2) is 22.9 Å². The summed E-state index contributed by atoms with van der Waals surface area (Å²) < 4.78 is 11.2. The molecule has 1 unspecified atom stereocenters. The maximum atomic E-state index is 13.4. The van der Waals surface area contributed by atoms with E-state index in [0.717, 1.165) is 30.2 Å². The lowest BCUT2D eigenvalue weighted by molar-refractivity contribution is -0.132. The number of ketones is 1. The monoisotopic (exact) mass is 472 g/mol. The number of furan rings is 1. The largest absolute Gasteiger partial charge is 0.493 e. The van der Waals surface area contributed by atoms with Crippen LogP contribution in [0.4, 0.5) is 0 Å². The van der Waals surface area contributed by atoms with Crippen LogP contribution >= 0.6 is 0 Å². The van der Waals surface area contributed by atoms with E-state index < -0.39 is 0 Å². The fourth-order valence-electron chi connectivity index (χ4n) is 6.07. The van der Waals surface area contributed by atoms with Gasteiger partial charge in [-0.15, -0.1) is 0 Å². The van der Waals surface area contributed by atoms with E-state index in [4.69, 9.17) is 9.15 Å². The van der Waals surface area contributed by atoms with Gasteiger partial charge in [0, 0.05) is 43.5 Å². The summed E-state index contributed by atoms with van der Waals surface area (Å²) in [5.74, 6) is 0.596. The first-order chi connectivity index (χ1) is 17.0. The number of rotatable bonds is 3. The predicted octanol–water partition coefficient (Wildman–Crippen LogP) is 4.27. The lowest BCUT2D eigenvalue weighted by Crippen LogP contribution is -2.45. The fourth-order valence-corrected chi connectivity index (χ4v) is 6.07. The Kier molecular flexibility index (Phi) is 5.16. The second-order valence-electron chi connectivity index (χ2n) is 10.1. The molecule has 1 aliphatic carbocycles. The van der Waals surface area contributed by atoms with Crippen molar-refractivity contribution in [2.45, 2.75) is 31.6 Å². The highest BCUT2D eigenvalue weighted by Crippen LogP contribution is 2.43. The molecule has 1 atom stereocenters. The number of Topliss-reactive ketones (excluding diaryl/α,β-unsaturated/α-hetero) is 1. The number of para-hydroxylation sites is 1. The van der Waals surface area contributed by atoms with Crippen LogP contribution < -0.4 is 4.74 Å². The molecule has 0 N–H and O–H groups in total. The molecule has 1 spiro atoms. The molecule has 3 aromatic rings. The number of carbonyl (C=O) groups is 3. The van der Waals surface area contributed by atoms with E-state index in [1.165, 1.54) is 0 Å². The number of methoxy groups -OCH3 is 1. The summed E-state index contributed by atoms with van der Waals surface area (Å²) in [5, 5.41) is 0.845. The molecular weight excluding hydrogens is 444 g/mol. The number of hydrogen-bond acceptors (Lipinski definition) is 5. The highest BCUT2D eigenvalue weighted by molar-refractivity contribution is 6.06. The van der Waals surface area contributed by atoms with Crippen LogP contribution in [0.3, 0.4) is 0 Å². The molecule has 0 bridgehead atoms.